The van der Waals surface area contributed by atoms with Gasteiger partial charge < -0.3 is 10.2 Å². The van der Waals surface area contributed by atoms with Gasteiger partial charge in [-0.25, -0.2) is 0 Å². The third kappa shape index (κ3) is 2.77. The first-order valence-corrected chi connectivity index (χ1v) is 8.39. The second kappa shape index (κ2) is 6.23. The van der Waals surface area contributed by atoms with Gasteiger partial charge in [0.1, 0.15) is 0 Å². The van der Waals surface area contributed by atoms with Gasteiger partial charge in [-0.15, -0.1) is 12.4 Å². The summed E-state index contributed by atoms with van der Waals surface area (Å²) in [6.45, 7) is 6.14. The van der Waals surface area contributed by atoms with Crippen molar-refractivity contribution < 1.29 is 4.79 Å². The Morgan fingerprint density at radius 2 is 2.26 bits per heavy atom. The van der Waals surface area contributed by atoms with Crippen LogP contribution in [-0.4, -0.2) is 48.0 Å². The lowest BCUT2D eigenvalue weighted by molar-refractivity contribution is -0.145. The molecule has 0 spiro atoms. The van der Waals surface area contributed by atoms with Gasteiger partial charge >= 0.3 is 0 Å². The van der Waals surface area contributed by atoms with Gasteiger partial charge in [0.05, 0.1) is 5.41 Å². The average Bonchev–Trinajstić information content (AvgIpc) is 2.82. The van der Waals surface area contributed by atoms with E-state index in [-0.39, 0.29) is 17.8 Å². The summed E-state index contributed by atoms with van der Waals surface area (Å²) in [5.41, 5.74) is -0.0417. The summed E-state index contributed by atoms with van der Waals surface area (Å²) < 4.78 is 0. The molecule has 3 fully saturated rings. The summed E-state index contributed by atoms with van der Waals surface area (Å²) in [4.78, 5) is 15.1. The van der Waals surface area contributed by atoms with Crippen molar-refractivity contribution in [3.05, 3.63) is 0 Å². The quantitative estimate of drug-likeness (QED) is 0.806. The number of rotatable bonds is 1. The molecule has 0 aromatic carbocycles. The number of hydrogen-bond acceptors (Lipinski definition) is 3. The average molecular weight is 305 g/mol. The van der Waals surface area contributed by atoms with Crippen LogP contribution in [0.1, 0.15) is 32.6 Å². The zero-order chi connectivity index (χ0) is 12.6. The second-order valence-electron chi connectivity index (χ2n) is 6.16. The minimum atomic E-state index is -0.0417. The first-order chi connectivity index (χ1) is 8.72. The number of hydrogen-bond donors (Lipinski definition) is 1. The minimum Gasteiger partial charge on any atom is -0.340 e. The Labute approximate surface area is 126 Å². The molecule has 0 aromatic heterocycles. The van der Waals surface area contributed by atoms with E-state index in [9.17, 15) is 4.79 Å². The summed E-state index contributed by atoms with van der Waals surface area (Å²) in [6, 6.07) is 0. The van der Waals surface area contributed by atoms with Crippen molar-refractivity contribution in [2.45, 2.75) is 37.9 Å². The summed E-state index contributed by atoms with van der Waals surface area (Å²) in [7, 11) is 0. The van der Waals surface area contributed by atoms with E-state index in [4.69, 9.17) is 0 Å². The van der Waals surface area contributed by atoms with Crippen LogP contribution in [0.5, 0.6) is 0 Å². The molecular formula is C14H25ClN2OS. The first-order valence-electron chi connectivity index (χ1n) is 7.34. The van der Waals surface area contributed by atoms with Crippen LogP contribution in [0, 0.1) is 11.3 Å². The van der Waals surface area contributed by atoms with Crippen LogP contribution in [0.4, 0.5) is 0 Å². The van der Waals surface area contributed by atoms with Crippen LogP contribution in [0.25, 0.3) is 0 Å². The van der Waals surface area contributed by atoms with Gasteiger partial charge in [-0.2, -0.15) is 11.8 Å². The zero-order valence-electron chi connectivity index (χ0n) is 11.7. The van der Waals surface area contributed by atoms with Gasteiger partial charge in [0, 0.05) is 30.6 Å². The van der Waals surface area contributed by atoms with Crippen molar-refractivity contribution in [3.63, 3.8) is 0 Å². The van der Waals surface area contributed by atoms with E-state index in [0.29, 0.717) is 17.1 Å². The van der Waals surface area contributed by atoms with Crippen molar-refractivity contribution in [1.82, 2.24) is 10.2 Å². The molecule has 1 saturated carbocycles. The molecule has 2 saturated heterocycles. The van der Waals surface area contributed by atoms with Crippen LogP contribution in [0.2, 0.25) is 0 Å². The molecule has 1 unspecified atom stereocenters. The van der Waals surface area contributed by atoms with Crippen LogP contribution in [0.15, 0.2) is 0 Å². The summed E-state index contributed by atoms with van der Waals surface area (Å²) >= 11 is 2.00. The number of nitrogens with zero attached hydrogens (tertiary/aromatic N) is 1. The molecule has 1 aliphatic carbocycles. The van der Waals surface area contributed by atoms with E-state index in [1.807, 2.05) is 11.8 Å². The molecule has 2 heterocycles. The zero-order valence-corrected chi connectivity index (χ0v) is 13.3. The second-order valence-corrected chi connectivity index (χ2v) is 7.71. The highest BCUT2D eigenvalue weighted by Gasteiger charge is 2.51. The fourth-order valence-corrected chi connectivity index (χ4v) is 5.00. The Morgan fingerprint density at radius 1 is 1.42 bits per heavy atom. The summed E-state index contributed by atoms with van der Waals surface area (Å²) in [5, 5.41) is 4.09. The molecule has 0 aromatic rings. The third-order valence-electron chi connectivity index (χ3n) is 4.99. The van der Waals surface area contributed by atoms with Gasteiger partial charge in [0.15, 0.2) is 0 Å². The maximum atomic E-state index is 13.0. The molecule has 0 radical (unpaired) electrons. The minimum absolute atomic E-state index is 0. The van der Waals surface area contributed by atoms with Gasteiger partial charge in [0.2, 0.25) is 5.91 Å². The Bertz CT molecular complexity index is 341. The van der Waals surface area contributed by atoms with Gasteiger partial charge in [0.25, 0.3) is 0 Å². The van der Waals surface area contributed by atoms with Gasteiger partial charge in [-0.3, -0.25) is 4.79 Å². The number of thioether (sulfide) groups is 1. The molecule has 3 atom stereocenters. The molecule has 2 aliphatic heterocycles. The largest absolute Gasteiger partial charge is 0.340 e. The fourth-order valence-electron chi connectivity index (χ4n) is 3.99. The topological polar surface area (TPSA) is 32.3 Å². The fraction of sp³-hybridized carbons (Fsp3) is 0.929. The monoisotopic (exact) mass is 304 g/mol. The molecule has 3 nitrogen and oxygen atoms in total. The van der Waals surface area contributed by atoms with Crippen molar-refractivity contribution in [2.24, 2.45) is 11.3 Å². The Hall–Kier alpha value is 0.0700. The maximum absolute atomic E-state index is 13.0. The lowest BCUT2D eigenvalue weighted by Crippen LogP contribution is -2.53. The number of nitrogens with one attached hydrogen (secondary N) is 1. The molecular weight excluding hydrogens is 280 g/mol. The van der Waals surface area contributed by atoms with Crippen LogP contribution in [-0.2, 0) is 4.79 Å². The summed E-state index contributed by atoms with van der Waals surface area (Å²) in [5.74, 6) is 2.18. The Kier molecular flexibility index (Phi) is 5.07. The first kappa shape index (κ1) is 15.5. The smallest absolute Gasteiger partial charge is 0.230 e. The number of halogens is 1. The molecule has 0 bridgehead atoms. The highest BCUT2D eigenvalue weighted by molar-refractivity contribution is 7.99. The molecule has 3 aliphatic rings. The van der Waals surface area contributed by atoms with Crippen molar-refractivity contribution in [2.75, 3.05) is 31.9 Å². The van der Waals surface area contributed by atoms with E-state index in [1.165, 1.54) is 19.3 Å². The lowest BCUT2D eigenvalue weighted by atomic mass is 9.67. The Balaban J connectivity index is 0.00000133. The predicted octanol–water partition coefficient (Wildman–Crippen LogP) is 2.15. The molecule has 110 valence electrons. The number of fused-ring (bicyclic) bond motifs is 1. The highest BCUT2D eigenvalue weighted by Crippen LogP contribution is 2.45. The maximum Gasteiger partial charge on any atom is 0.230 e. The number of carbonyl (C=O) groups excluding carboxylic acids is 1. The van der Waals surface area contributed by atoms with Crippen LogP contribution < -0.4 is 5.32 Å². The lowest BCUT2D eigenvalue weighted by Gasteiger charge is -2.42. The normalized spacial score (nSPS) is 38.5. The van der Waals surface area contributed by atoms with Gasteiger partial charge in [-0.1, -0.05) is 19.8 Å². The van der Waals surface area contributed by atoms with Crippen molar-refractivity contribution in [1.29, 1.82) is 0 Å². The van der Waals surface area contributed by atoms with Gasteiger partial charge in [-0.05, 0) is 25.3 Å². The molecule has 1 amide bonds. The molecule has 3 rings (SSSR count). The summed E-state index contributed by atoms with van der Waals surface area (Å²) in [6.07, 6.45) is 4.91. The third-order valence-corrected chi connectivity index (χ3v) is 6.13. The standard InChI is InChI=1S/C14H24N2OS.ClH/c1-11-9-16(6-7-18-11)13(17)14-5-3-2-4-12(14)8-15-10-14;/h11-12,15H,2-10H2,1H3;1H/t11?,12-,14+;/m0./s1. The van der Waals surface area contributed by atoms with Crippen molar-refractivity contribution >= 4 is 30.1 Å². The van der Waals surface area contributed by atoms with Crippen LogP contribution >= 0.6 is 24.2 Å². The van der Waals surface area contributed by atoms with E-state index in [0.717, 1.165) is 38.4 Å². The van der Waals surface area contributed by atoms with Crippen molar-refractivity contribution in [3.8, 4) is 0 Å². The van der Waals surface area contributed by atoms with E-state index in [2.05, 4.69) is 17.1 Å². The molecule has 1 N–H and O–H groups in total. The Morgan fingerprint density at radius 3 is 3.05 bits per heavy atom. The van der Waals surface area contributed by atoms with E-state index < -0.39 is 0 Å². The highest BCUT2D eigenvalue weighted by atomic mass is 35.5. The van der Waals surface area contributed by atoms with E-state index in [1.54, 1.807) is 0 Å². The molecule has 5 heteroatoms. The molecule has 19 heavy (non-hydrogen) atoms. The predicted molar refractivity (Wildman–Crippen MR) is 83.0 cm³/mol. The van der Waals surface area contributed by atoms with Crippen LogP contribution in [0.3, 0.4) is 0 Å². The van der Waals surface area contributed by atoms with E-state index >= 15 is 0 Å². The SMILES string of the molecule is CC1CN(C(=O)[C@@]23CCCC[C@H]2CNC3)CCS1.Cl. The number of amides is 1. The number of carbonyl (C=O) groups is 1.